The molecule has 0 aliphatic carbocycles. The summed E-state index contributed by atoms with van der Waals surface area (Å²) in [4.78, 5) is 13.8. The molecule has 5 rings (SSSR count). The Morgan fingerprint density at radius 1 is 0.884 bits per heavy atom. The lowest BCUT2D eigenvalue weighted by atomic mass is 9.97. The zero-order valence-corrected chi connectivity index (χ0v) is 22.9. The van der Waals surface area contributed by atoms with Crippen LogP contribution < -0.4 is 14.9 Å². The molecule has 2 fully saturated rings. The summed E-state index contributed by atoms with van der Waals surface area (Å²) in [5, 5.41) is 82.5. The molecular weight excluding hydrogens is 576 g/mol. The highest BCUT2D eigenvalue weighted by atomic mass is 16.8. The summed E-state index contributed by atoms with van der Waals surface area (Å²) in [6.07, 6.45) is -16.2. The largest absolute Gasteiger partial charge is 0.508 e. The normalized spacial score (nSPS) is 32.9. The van der Waals surface area contributed by atoms with Gasteiger partial charge in [0.25, 0.3) is 0 Å². The van der Waals surface area contributed by atoms with Crippen molar-refractivity contribution in [2.24, 2.45) is 0 Å². The van der Waals surface area contributed by atoms with E-state index in [1.165, 1.54) is 50.4 Å². The Kier molecular flexibility index (Phi) is 8.80. The van der Waals surface area contributed by atoms with Gasteiger partial charge >= 0.3 is 0 Å². The van der Waals surface area contributed by atoms with Gasteiger partial charge in [0.05, 0.1) is 19.8 Å². The second-order valence-corrected chi connectivity index (χ2v) is 10.3. The first-order valence-electron chi connectivity index (χ1n) is 13.3. The summed E-state index contributed by atoms with van der Waals surface area (Å²) in [5.74, 6) is -1.36. The third-order valence-corrected chi connectivity index (χ3v) is 7.41. The van der Waals surface area contributed by atoms with Crippen LogP contribution in [-0.2, 0) is 14.2 Å². The lowest BCUT2D eigenvalue weighted by molar-refractivity contribution is -0.354. The molecular formula is C28H32O15. The molecule has 3 heterocycles. The minimum Gasteiger partial charge on any atom is -0.508 e. The number of benzene rings is 2. The van der Waals surface area contributed by atoms with Crippen molar-refractivity contribution in [3.05, 3.63) is 46.6 Å². The van der Waals surface area contributed by atoms with Crippen LogP contribution in [0, 0.1) is 0 Å². The first-order valence-corrected chi connectivity index (χ1v) is 13.3. The maximum Gasteiger partial charge on any atom is 0.239 e. The number of aliphatic hydroxyl groups is 6. The van der Waals surface area contributed by atoms with Gasteiger partial charge in [-0.05, 0) is 19.1 Å². The summed E-state index contributed by atoms with van der Waals surface area (Å²) in [7, 11) is 1.34. The Hall–Kier alpha value is -3.51. The predicted octanol–water partition coefficient (Wildman–Crippen LogP) is -1.09. The maximum absolute atomic E-state index is 13.8. The van der Waals surface area contributed by atoms with E-state index in [1.807, 2.05) is 0 Å². The van der Waals surface area contributed by atoms with Gasteiger partial charge in [0.15, 0.2) is 18.2 Å². The number of aromatic hydroxyl groups is 2. The molecule has 1 aromatic heterocycles. The fourth-order valence-corrected chi connectivity index (χ4v) is 5.01. The van der Waals surface area contributed by atoms with Crippen molar-refractivity contribution in [1.29, 1.82) is 0 Å². The molecule has 0 unspecified atom stereocenters. The first kappa shape index (κ1) is 30.9. The molecule has 2 aliphatic heterocycles. The highest BCUT2D eigenvalue weighted by Gasteiger charge is 2.51. The molecule has 10 atom stereocenters. The molecule has 2 saturated heterocycles. The molecule has 0 spiro atoms. The van der Waals surface area contributed by atoms with Crippen LogP contribution in [0.3, 0.4) is 0 Å². The summed E-state index contributed by atoms with van der Waals surface area (Å²) in [5.41, 5.74) is -0.862. The number of methoxy groups -OCH3 is 1. The van der Waals surface area contributed by atoms with E-state index in [0.29, 0.717) is 0 Å². The van der Waals surface area contributed by atoms with E-state index in [9.17, 15) is 45.6 Å². The minimum atomic E-state index is -1.86. The van der Waals surface area contributed by atoms with Crippen molar-refractivity contribution in [3.8, 4) is 34.3 Å². The van der Waals surface area contributed by atoms with Crippen LogP contribution in [-0.4, -0.2) is 116 Å². The topological polar surface area (TPSA) is 238 Å². The lowest BCUT2D eigenvalue weighted by Gasteiger charge is -2.45. The van der Waals surface area contributed by atoms with Gasteiger partial charge in [0.2, 0.25) is 17.5 Å². The molecule has 15 heteroatoms. The van der Waals surface area contributed by atoms with Gasteiger partial charge in [0.1, 0.15) is 64.8 Å². The molecule has 3 aromatic rings. The van der Waals surface area contributed by atoms with Crippen LogP contribution >= 0.6 is 0 Å². The summed E-state index contributed by atoms with van der Waals surface area (Å²) < 4.78 is 33.9. The number of phenolic OH excluding ortho intramolecular Hbond substituents is 2. The van der Waals surface area contributed by atoms with Crippen LogP contribution in [0.2, 0.25) is 0 Å². The summed E-state index contributed by atoms with van der Waals surface area (Å²) >= 11 is 0. The van der Waals surface area contributed by atoms with Crippen molar-refractivity contribution < 1.29 is 69.0 Å². The summed E-state index contributed by atoms with van der Waals surface area (Å²) in [6, 6.07) is 8.11. The molecule has 234 valence electrons. The fourth-order valence-electron chi connectivity index (χ4n) is 5.01. The van der Waals surface area contributed by atoms with Crippen molar-refractivity contribution in [3.63, 3.8) is 0 Å². The Balaban J connectivity index is 1.61. The van der Waals surface area contributed by atoms with Crippen molar-refractivity contribution in [2.75, 3.05) is 13.7 Å². The Bertz CT molecular complexity index is 1510. The monoisotopic (exact) mass is 608 g/mol. The molecule has 0 bridgehead atoms. The summed E-state index contributed by atoms with van der Waals surface area (Å²) in [6.45, 7) is 0.611. The molecule has 0 amide bonds. The fraction of sp³-hybridized carbons (Fsp3) is 0.464. The molecule has 15 nitrogen and oxygen atoms in total. The number of hydrogen-bond acceptors (Lipinski definition) is 15. The van der Waals surface area contributed by atoms with Crippen molar-refractivity contribution >= 4 is 11.0 Å². The second-order valence-electron chi connectivity index (χ2n) is 10.3. The predicted molar refractivity (Wildman–Crippen MR) is 143 cm³/mol. The van der Waals surface area contributed by atoms with Crippen molar-refractivity contribution in [1.82, 2.24) is 0 Å². The number of rotatable bonds is 7. The van der Waals surface area contributed by atoms with E-state index in [-0.39, 0.29) is 33.8 Å². The highest BCUT2D eigenvalue weighted by molar-refractivity contribution is 5.88. The van der Waals surface area contributed by atoms with Gasteiger partial charge in [-0.3, -0.25) is 4.79 Å². The molecule has 2 aliphatic rings. The number of hydrogen-bond donors (Lipinski definition) is 8. The van der Waals surface area contributed by atoms with E-state index in [4.69, 9.17) is 28.1 Å². The van der Waals surface area contributed by atoms with Gasteiger partial charge in [-0.1, -0.05) is 12.1 Å². The first-order chi connectivity index (χ1) is 20.4. The number of aliphatic hydroxyl groups excluding tert-OH is 6. The third-order valence-electron chi connectivity index (χ3n) is 7.41. The van der Waals surface area contributed by atoms with E-state index in [0.717, 1.165) is 0 Å². The van der Waals surface area contributed by atoms with E-state index in [2.05, 4.69) is 0 Å². The van der Waals surface area contributed by atoms with Gasteiger partial charge in [-0.15, -0.1) is 0 Å². The quantitative estimate of drug-likeness (QED) is 0.159. The van der Waals surface area contributed by atoms with Crippen LogP contribution in [0.15, 0.2) is 45.6 Å². The van der Waals surface area contributed by atoms with E-state index >= 15 is 0 Å². The maximum atomic E-state index is 13.8. The van der Waals surface area contributed by atoms with Gasteiger partial charge in [0, 0.05) is 17.7 Å². The smallest absolute Gasteiger partial charge is 0.239 e. The lowest BCUT2D eigenvalue weighted by Crippen LogP contribution is -2.64. The number of ether oxygens (including phenoxy) is 5. The van der Waals surface area contributed by atoms with Crippen LogP contribution in [0.5, 0.6) is 23.0 Å². The molecule has 0 radical (unpaired) electrons. The standard InChI is InChI=1S/C28H32O15/c1-10-18(32)21(35)23(37)27(39-10)43-26-22(36)19(33)16(9-29)41-28(26)42-25-20(34)17-14(31)7-13(38-2)8-15(17)40-24(25)11-4-3-5-12(30)6-11/h3-8,10,16,18-19,21-23,26-33,35-37H,9H2,1-2H3/t10-,16-,18+,19-,21+,22+,23+,26-,27+,28+/m1/s1. The average Bonchev–Trinajstić information content (AvgIpc) is 2.98. The van der Waals surface area contributed by atoms with E-state index in [1.54, 1.807) is 0 Å². The average molecular weight is 609 g/mol. The van der Waals surface area contributed by atoms with Crippen molar-refractivity contribution in [2.45, 2.75) is 68.3 Å². The molecule has 2 aromatic carbocycles. The second kappa shape index (κ2) is 12.2. The van der Waals surface area contributed by atoms with Crippen LogP contribution in [0.1, 0.15) is 6.92 Å². The molecule has 43 heavy (non-hydrogen) atoms. The zero-order valence-electron chi connectivity index (χ0n) is 22.9. The number of phenols is 2. The van der Waals surface area contributed by atoms with E-state index < -0.39 is 84.9 Å². The zero-order chi connectivity index (χ0) is 31.2. The third kappa shape index (κ3) is 5.74. The van der Waals surface area contributed by atoms with Crippen LogP contribution in [0.25, 0.3) is 22.3 Å². The molecule has 0 saturated carbocycles. The van der Waals surface area contributed by atoms with Gasteiger partial charge in [-0.25, -0.2) is 0 Å². The SMILES string of the molecule is COc1cc(O)c2c(=O)c(O[C@@H]3O[C@H](CO)[C@@H](O)[C@H](O)[C@H]3O[C@@H]3O[C@H](C)[C@H](O)[C@H](O)[C@@H]3O)c(-c3cccc(O)c3)oc2c1. The Labute approximate surface area is 243 Å². The van der Waals surface area contributed by atoms with Crippen LogP contribution in [0.4, 0.5) is 0 Å². The van der Waals surface area contributed by atoms with Gasteiger partial charge < -0.3 is 69.0 Å². The van der Waals surface area contributed by atoms with Gasteiger partial charge in [-0.2, -0.15) is 0 Å². The highest BCUT2D eigenvalue weighted by Crippen LogP contribution is 2.38. The minimum absolute atomic E-state index is 0.103. The Morgan fingerprint density at radius 3 is 2.30 bits per heavy atom. The Morgan fingerprint density at radius 2 is 1.63 bits per heavy atom. The molecule has 8 N–H and O–H groups in total. The number of fused-ring (bicyclic) bond motifs is 1.